The molecule has 1 aromatic rings. The summed E-state index contributed by atoms with van der Waals surface area (Å²) in [5, 5.41) is 2.77. The fraction of sp³-hybridized carbons (Fsp3) is 0.462. The van der Waals surface area contributed by atoms with Crippen molar-refractivity contribution in [1.82, 2.24) is 5.32 Å². The fourth-order valence-electron chi connectivity index (χ4n) is 1.43. The fourth-order valence-corrected chi connectivity index (χ4v) is 1.43. The molecule has 0 unspecified atom stereocenters. The highest BCUT2D eigenvalue weighted by Crippen LogP contribution is 2.19. The van der Waals surface area contributed by atoms with Crippen molar-refractivity contribution in [2.24, 2.45) is 0 Å². The average Bonchev–Trinajstić information content (AvgIpc) is 2.37. The van der Waals surface area contributed by atoms with Crippen molar-refractivity contribution >= 4 is 11.6 Å². The maximum Gasteiger partial charge on any atom is 0.220 e. The zero-order valence-electron chi connectivity index (χ0n) is 10.6. The largest absolute Gasteiger partial charge is 0.490 e. The van der Waals surface area contributed by atoms with Crippen LogP contribution in [0.25, 0.3) is 0 Å². The van der Waals surface area contributed by atoms with Gasteiger partial charge in [-0.2, -0.15) is 0 Å². The topological polar surface area (TPSA) is 73.6 Å². The Kier molecular flexibility index (Phi) is 6.64. The molecule has 1 rings (SSSR count). The number of nitrogens with two attached hydrogens (primary N) is 1. The van der Waals surface area contributed by atoms with Crippen LogP contribution in [-0.2, 0) is 9.53 Å². The van der Waals surface area contributed by atoms with Crippen molar-refractivity contribution < 1.29 is 14.3 Å². The van der Waals surface area contributed by atoms with Gasteiger partial charge in [-0.05, 0) is 18.6 Å². The molecule has 0 aromatic heterocycles. The predicted molar refractivity (Wildman–Crippen MR) is 70.5 cm³/mol. The summed E-state index contributed by atoms with van der Waals surface area (Å²) in [6.07, 6.45) is 1.20. The van der Waals surface area contributed by atoms with Crippen molar-refractivity contribution in [1.29, 1.82) is 0 Å². The minimum absolute atomic E-state index is 0.0108. The van der Waals surface area contributed by atoms with E-state index in [0.29, 0.717) is 37.6 Å². The van der Waals surface area contributed by atoms with Crippen LogP contribution in [0.4, 0.5) is 5.69 Å². The Hall–Kier alpha value is -1.75. The monoisotopic (exact) mass is 252 g/mol. The predicted octanol–water partition coefficient (Wildman–Crippen LogP) is 1.19. The molecule has 0 aliphatic heterocycles. The van der Waals surface area contributed by atoms with Crippen LogP contribution in [0.1, 0.15) is 12.8 Å². The summed E-state index contributed by atoms with van der Waals surface area (Å²) in [7, 11) is 1.62. The van der Waals surface area contributed by atoms with Crippen LogP contribution in [0.5, 0.6) is 5.75 Å². The molecule has 0 aliphatic carbocycles. The number of ether oxygens (including phenoxy) is 2. The molecule has 0 bridgehead atoms. The summed E-state index contributed by atoms with van der Waals surface area (Å²) < 4.78 is 10.3. The molecule has 0 saturated carbocycles. The molecule has 18 heavy (non-hydrogen) atoms. The van der Waals surface area contributed by atoms with Crippen LogP contribution >= 0.6 is 0 Å². The molecular formula is C13H20N2O3. The molecule has 3 N–H and O–H groups in total. The quantitative estimate of drug-likeness (QED) is 0.538. The number of benzene rings is 1. The normalized spacial score (nSPS) is 10.1. The number of rotatable bonds is 8. The standard InChI is InChI=1S/C13H20N2O3/c1-17-9-4-7-13(16)15-8-10-18-12-6-3-2-5-11(12)14/h2-3,5-6H,4,7-10,14H2,1H3,(H,15,16). The van der Waals surface area contributed by atoms with Crippen LogP contribution in [0, 0.1) is 0 Å². The van der Waals surface area contributed by atoms with Gasteiger partial charge in [0.1, 0.15) is 12.4 Å². The molecule has 0 saturated heterocycles. The van der Waals surface area contributed by atoms with E-state index < -0.39 is 0 Å². The summed E-state index contributed by atoms with van der Waals surface area (Å²) in [5.74, 6) is 0.655. The Morgan fingerprint density at radius 2 is 2.11 bits per heavy atom. The lowest BCUT2D eigenvalue weighted by atomic mass is 10.3. The van der Waals surface area contributed by atoms with E-state index >= 15 is 0 Å². The maximum absolute atomic E-state index is 11.3. The molecule has 5 heteroatoms. The number of hydrogen-bond donors (Lipinski definition) is 2. The van der Waals surface area contributed by atoms with E-state index in [-0.39, 0.29) is 5.91 Å². The zero-order chi connectivity index (χ0) is 13.2. The molecule has 0 radical (unpaired) electrons. The highest BCUT2D eigenvalue weighted by Gasteiger charge is 2.01. The summed E-state index contributed by atoms with van der Waals surface area (Å²) in [4.78, 5) is 11.3. The molecule has 0 fully saturated rings. The van der Waals surface area contributed by atoms with Gasteiger partial charge in [-0.3, -0.25) is 4.79 Å². The molecule has 1 aromatic carbocycles. The van der Waals surface area contributed by atoms with Gasteiger partial charge in [-0.1, -0.05) is 12.1 Å². The van der Waals surface area contributed by atoms with Gasteiger partial charge in [-0.25, -0.2) is 0 Å². The molecule has 1 amide bonds. The smallest absolute Gasteiger partial charge is 0.220 e. The first-order valence-electron chi connectivity index (χ1n) is 5.97. The van der Waals surface area contributed by atoms with Gasteiger partial charge in [-0.15, -0.1) is 0 Å². The first-order valence-corrected chi connectivity index (χ1v) is 5.97. The minimum Gasteiger partial charge on any atom is -0.490 e. The molecule has 0 aliphatic rings. The van der Waals surface area contributed by atoms with Crippen LogP contribution < -0.4 is 15.8 Å². The lowest BCUT2D eigenvalue weighted by molar-refractivity contribution is -0.121. The van der Waals surface area contributed by atoms with E-state index in [1.165, 1.54) is 0 Å². The summed E-state index contributed by atoms with van der Waals surface area (Å²) in [6.45, 7) is 1.48. The van der Waals surface area contributed by atoms with Gasteiger partial charge >= 0.3 is 0 Å². The summed E-state index contributed by atoms with van der Waals surface area (Å²) in [5.41, 5.74) is 6.32. The van der Waals surface area contributed by atoms with Gasteiger partial charge in [0, 0.05) is 20.1 Å². The number of carbonyl (C=O) groups excluding carboxylic acids is 1. The van der Waals surface area contributed by atoms with Crippen LogP contribution in [0.15, 0.2) is 24.3 Å². The van der Waals surface area contributed by atoms with Crippen LogP contribution in [0.2, 0.25) is 0 Å². The summed E-state index contributed by atoms with van der Waals surface area (Å²) in [6, 6.07) is 7.28. The highest BCUT2D eigenvalue weighted by atomic mass is 16.5. The third kappa shape index (κ3) is 5.54. The van der Waals surface area contributed by atoms with Gasteiger partial charge in [0.25, 0.3) is 0 Å². The second kappa shape index (κ2) is 8.36. The van der Waals surface area contributed by atoms with Gasteiger partial charge < -0.3 is 20.5 Å². The molecule has 0 heterocycles. The van der Waals surface area contributed by atoms with Crippen molar-refractivity contribution in [3.05, 3.63) is 24.3 Å². The Labute approximate surface area is 107 Å². The molecule has 5 nitrogen and oxygen atoms in total. The third-order valence-corrected chi connectivity index (χ3v) is 2.35. The molecular weight excluding hydrogens is 232 g/mol. The Morgan fingerprint density at radius 1 is 1.33 bits per heavy atom. The van der Waals surface area contributed by atoms with E-state index in [1.807, 2.05) is 12.1 Å². The van der Waals surface area contributed by atoms with E-state index in [4.69, 9.17) is 15.2 Å². The van der Waals surface area contributed by atoms with Crippen molar-refractivity contribution in [2.75, 3.05) is 32.6 Å². The van der Waals surface area contributed by atoms with E-state index in [2.05, 4.69) is 5.32 Å². The number of carbonyl (C=O) groups is 1. The number of amides is 1. The molecule has 0 spiro atoms. The van der Waals surface area contributed by atoms with E-state index in [0.717, 1.165) is 6.42 Å². The van der Waals surface area contributed by atoms with Gasteiger partial charge in [0.15, 0.2) is 0 Å². The number of nitrogen functional groups attached to an aromatic ring is 1. The second-order valence-corrected chi connectivity index (χ2v) is 3.83. The van der Waals surface area contributed by atoms with Gasteiger partial charge in [0.05, 0.1) is 12.2 Å². The minimum atomic E-state index is 0.0108. The Morgan fingerprint density at radius 3 is 2.83 bits per heavy atom. The number of methoxy groups -OCH3 is 1. The third-order valence-electron chi connectivity index (χ3n) is 2.35. The first-order chi connectivity index (χ1) is 8.74. The lowest BCUT2D eigenvalue weighted by Crippen LogP contribution is -2.28. The number of hydrogen-bond acceptors (Lipinski definition) is 4. The SMILES string of the molecule is COCCCC(=O)NCCOc1ccccc1N. The van der Waals surface area contributed by atoms with Gasteiger partial charge in [0.2, 0.25) is 5.91 Å². The van der Waals surface area contributed by atoms with Crippen molar-refractivity contribution in [2.45, 2.75) is 12.8 Å². The summed E-state index contributed by atoms with van der Waals surface area (Å²) >= 11 is 0. The van der Waals surface area contributed by atoms with Crippen molar-refractivity contribution in [3.63, 3.8) is 0 Å². The number of anilines is 1. The maximum atomic E-state index is 11.3. The van der Waals surface area contributed by atoms with E-state index in [9.17, 15) is 4.79 Å². The second-order valence-electron chi connectivity index (χ2n) is 3.83. The van der Waals surface area contributed by atoms with E-state index in [1.54, 1.807) is 19.2 Å². The van der Waals surface area contributed by atoms with Crippen LogP contribution in [0.3, 0.4) is 0 Å². The molecule has 0 atom stereocenters. The lowest BCUT2D eigenvalue weighted by Gasteiger charge is -2.09. The van der Waals surface area contributed by atoms with Crippen molar-refractivity contribution in [3.8, 4) is 5.75 Å². The molecule has 100 valence electrons. The zero-order valence-corrected chi connectivity index (χ0v) is 10.6. The van der Waals surface area contributed by atoms with Crippen LogP contribution in [-0.4, -0.2) is 32.8 Å². The highest BCUT2D eigenvalue weighted by molar-refractivity contribution is 5.75. The first kappa shape index (κ1) is 14.3. The number of para-hydroxylation sites is 2. The Bertz CT molecular complexity index is 369. The number of nitrogens with one attached hydrogen (secondary N) is 1. The Balaban J connectivity index is 2.12. The average molecular weight is 252 g/mol.